The predicted molar refractivity (Wildman–Crippen MR) is 80.8 cm³/mol. The van der Waals surface area contributed by atoms with Crippen molar-refractivity contribution in [2.24, 2.45) is 0 Å². The Kier molecular flexibility index (Phi) is 4.62. The summed E-state index contributed by atoms with van der Waals surface area (Å²) in [5.74, 6) is 0. The average molecular weight is 287 g/mol. The van der Waals surface area contributed by atoms with E-state index in [1.54, 1.807) is 12.1 Å². The third kappa shape index (κ3) is 3.11. The van der Waals surface area contributed by atoms with Crippen molar-refractivity contribution in [1.82, 2.24) is 0 Å². The van der Waals surface area contributed by atoms with Crippen molar-refractivity contribution in [3.63, 3.8) is 0 Å². The Morgan fingerprint density at radius 1 is 1.25 bits per heavy atom. The van der Waals surface area contributed by atoms with Gasteiger partial charge in [-0.05, 0) is 24.6 Å². The Balaban J connectivity index is 2.12. The number of hydrogen-bond donors (Lipinski definition) is 2. The molecule has 0 saturated carbocycles. The van der Waals surface area contributed by atoms with Crippen molar-refractivity contribution in [2.75, 3.05) is 11.9 Å². The van der Waals surface area contributed by atoms with E-state index in [9.17, 15) is 5.11 Å². The number of halogens is 1. The molecule has 2 rings (SSSR count). The largest absolute Gasteiger partial charge is 0.387 e. The molecule has 102 valence electrons. The smallest absolute Gasteiger partial charge is 0.102 e. The molecule has 0 radical (unpaired) electrons. The number of nitrogens with zero attached hydrogens (tertiary/aromatic N) is 1. The van der Waals surface area contributed by atoms with Crippen LogP contribution in [0.2, 0.25) is 5.02 Å². The van der Waals surface area contributed by atoms with E-state index in [0.717, 1.165) is 11.3 Å². The van der Waals surface area contributed by atoms with Gasteiger partial charge in [0.15, 0.2) is 0 Å². The summed E-state index contributed by atoms with van der Waals surface area (Å²) >= 11 is 6.04. The number of nitriles is 1. The Morgan fingerprint density at radius 3 is 2.70 bits per heavy atom. The second kappa shape index (κ2) is 6.42. The van der Waals surface area contributed by atoms with E-state index in [1.807, 2.05) is 37.3 Å². The van der Waals surface area contributed by atoms with Gasteiger partial charge < -0.3 is 10.4 Å². The SMILES string of the molecule is Cc1cccc(NCC(O)c2ccccc2Cl)c1C#N. The van der Waals surface area contributed by atoms with Gasteiger partial charge in [-0.15, -0.1) is 0 Å². The molecular formula is C16H15ClN2O. The molecule has 0 aliphatic rings. The minimum atomic E-state index is -0.726. The van der Waals surface area contributed by atoms with Crippen molar-refractivity contribution in [3.8, 4) is 6.07 Å². The molecule has 0 heterocycles. The first-order chi connectivity index (χ1) is 9.63. The van der Waals surface area contributed by atoms with Gasteiger partial charge in [-0.2, -0.15) is 5.26 Å². The second-order valence-corrected chi connectivity index (χ2v) is 4.93. The van der Waals surface area contributed by atoms with Crippen LogP contribution in [0.1, 0.15) is 22.8 Å². The first-order valence-electron chi connectivity index (χ1n) is 6.29. The van der Waals surface area contributed by atoms with Gasteiger partial charge in [-0.1, -0.05) is 41.9 Å². The topological polar surface area (TPSA) is 56.0 Å². The molecule has 0 aliphatic heterocycles. The van der Waals surface area contributed by atoms with E-state index in [4.69, 9.17) is 16.9 Å². The van der Waals surface area contributed by atoms with Crippen molar-refractivity contribution >= 4 is 17.3 Å². The highest BCUT2D eigenvalue weighted by Gasteiger charge is 2.12. The van der Waals surface area contributed by atoms with E-state index >= 15 is 0 Å². The van der Waals surface area contributed by atoms with E-state index in [2.05, 4.69) is 11.4 Å². The van der Waals surface area contributed by atoms with Crippen LogP contribution in [0.4, 0.5) is 5.69 Å². The van der Waals surface area contributed by atoms with Gasteiger partial charge >= 0.3 is 0 Å². The average Bonchev–Trinajstić information content (AvgIpc) is 2.45. The fraction of sp³-hybridized carbons (Fsp3) is 0.188. The number of anilines is 1. The summed E-state index contributed by atoms with van der Waals surface area (Å²) in [6.07, 6.45) is -0.726. The monoisotopic (exact) mass is 286 g/mol. The first-order valence-corrected chi connectivity index (χ1v) is 6.67. The maximum absolute atomic E-state index is 10.2. The summed E-state index contributed by atoms with van der Waals surface area (Å²) in [6.45, 7) is 2.18. The maximum atomic E-state index is 10.2. The standard InChI is InChI=1S/C16H15ClN2O/c1-11-5-4-8-15(13(11)9-18)19-10-16(20)12-6-2-3-7-14(12)17/h2-8,16,19-20H,10H2,1H3. The Bertz CT molecular complexity index is 649. The molecule has 1 unspecified atom stereocenters. The third-order valence-corrected chi connectivity index (χ3v) is 3.48. The third-order valence-electron chi connectivity index (χ3n) is 3.13. The molecule has 2 aromatic carbocycles. The zero-order valence-electron chi connectivity index (χ0n) is 11.1. The van der Waals surface area contributed by atoms with E-state index in [0.29, 0.717) is 22.7 Å². The van der Waals surface area contributed by atoms with Gasteiger partial charge in [-0.25, -0.2) is 0 Å². The normalized spacial score (nSPS) is 11.7. The molecule has 3 nitrogen and oxygen atoms in total. The van der Waals surface area contributed by atoms with Crippen molar-refractivity contribution in [3.05, 3.63) is 64.2 Å². The Labute approximate surface area is 123 Å². The number of rotatable bonds is 4. The number of hydrogen-bond acceptors (Lipinski definition) is 3. The van der Waals surface area contributed by atoms with Crippen LogP contribution in [0.3, 0.4) is 0 Å². The van der Waals surface area contributed by atoms with Crippen LogP contribution in [0.5, 0.6) is 0 Å². The molecule has 0 fully saturated rings. The van der Waals surface area contributed by atoms with Gasteiger partial charge in [0.05, 0.1) is 17.4 Å². The van der Waals surface area contributed by atoms with Gasteiger partial charge in [0.1, 0.15) is 6.07 Å². The van der Waals surface area contributed by atoms with E-state index in [1.165, 1.54) is 0 Å². The number of benzene rings is 2. The highest BCUT2D eigenvalue weighted by Crippen LogP contribution is 2.24. The van der Waals surface area contributed by atoms with E-state index < -0.39 is 6.10 Å². The highest BCUT2D eigenvalue weighted by atomic mass is 35.5. The van der Waals surface area contributed by atoms with Gasteiger partial charge in [0.25, 0.3) is 0 Å². The van der Waals surface area contributed by atoms with Crippen molar-refractivity contribution in [2.45, 2.75) is 13.0 Å². The van der Waals surface area contributed by atoms with Crippen LogP contribution < -0.4 is 5.32 Å². The fourth-order valence-corrected chi connectivity index (χ4v) is 2.29. The van der Waals surface area contributed by atoms with Crippen LogP contribution in [-0.4, -0.2) is 11.7 Å². The van der Waals surface area contributed by atoms with Crippen LogP contribution in [0, 0.1) is 18.3 Å². The zero-order chi connectivity index (χ0) is 14.5. The lowest BCUT2D eigenvalue weighted by Gasteiger charge is -2.15. The van der Waals surface area contributed by atoms with Crippen molar-refractivity contribution in [1.29, 1.82) is 5.26 Å². The predicted octanol–water partition coefficient (Wildman–Crippen LogP) is 3.67. The van der Waals surface area contributed by atoms with Crippen LogP contribution in [0.15, 0.2) is 42.5 Å². The first kappa shape index (κ1) is 14.4. The number of aliphatic hydroxyl groups excluding tert-OH is 1. The van der Waals surface area contributed by atoms with Gasteiger partial charge in [0.2, 0.25) is 0 Å². The molecule has 0 aromatic heterocycles. The summed E-state index contributed by atoms with van der Waals surface area (Å²) in [6, 6.07) is 14.9. The molecule has 2 N–H and O–H groups in total. The molecule has 0 amide bonds. The molecule has 0 bridgehead atoms. The lowest BCUT2D eigenvalue weighted by atomic mass is 10.1. The molecule has 0 saturated heterocycles. The summed E-state index contributed by atoms with van der Waals surface area (Å²) < 4.78 is 0. The van der Waals surface area contributed by atoms with E-state index in [-0.39, 0.29) is 0 Å². The van der Waals surface area contributed by atoms with Crippen LogP contribution >= 0.6 is 11.6 Å². The van der Waals surface area contributed by atoms with Gasteiger partial charge in [-0.3, -0.25) is 0 Å². The molecule has 2 aromatic rings. The van der Waals surface area contributed by atoms with Gasteiger partial charge in [0, 0.05) is 17.1 Å². The number of aryl methyl sites for hydroxylation is 1. The summed E-state index contributed by atoms with van der Waals surface area (Å²) in [5.41, 5.74) is 2.90. The van der Waals surface area contributed by atoms with Crippen molar-refractivity contribution < 1.29 is 5.11 Å². The molecule has 4 heteroatoms. The molecule has 0 aliphatic carbocycles. The molecule has 1 atom stereocenters. The zero-order valence-corrected chi connectivity index (χ0v) is 11.9. The summed E-state index contributed by atoms with van der Waals surface area (Å²) in [5, 5.41) is 23.0. The minimum absolute atomic E-state index is 0.294. The lowest BCUT2D eigenvalue weighted by Crippen LogP contribution is -2.13. The number of nitrogens with one attached hydrogen (secondary N) is 1. The summed E-state index contributed by atoms with van der Waals surface area (Å²) in [7, 11) is 0. The molecule has 20 heavy (non-hydrogen) atoms. The Morgan fingerprint density at radius 2 is 2.00 bits per heavy atom. The highest BCUT2D eigenvalue weighted by molar-refractivity contribution is 6.31. The quantitative estimate of drug-likeness (QED) is 0.902. The number of aliphatic hydroxyl groups is 1. The minimum Gasteiger partial charge on any atom is -0.387 e. The molecule has 0 spiro atoms. The maximum Gasteiger partial charge on any atom is 0.102 e. The molecular weight excluding hydrogens is 272 g/mol. The van der Waals surface area contributed by atoms with Crippen LogP contribution in [-0.2, 0) is 0 Å². The lowest BCUT2D eigenvalue weighted by molar-refractivity contribution is 0.191. The fourth-order valence-electron chi connectivity index (χ4n) is 2.03. The van der Waals surface area contributed by atoms with Crippen LogP contribution in [0.25, 0.3) is 0 Å². The Hall–Kier alpha value is -2.02. The summed E-state index contributed by atoms with van der Waals surface area (Å²) in [4.78, 5) is 0. The second-order valence-electron chi connectivity index (χ2n) is 4.53.